The quantitative estimate of drug-likeness (QED) is 0.765. The van der Waals surface area contributed by atoms with Gasteiger partial charge < -0.3 is 15.8 Å². The zero-order valence-corrected chi connectivity index (χ0v) is 14.0. The first kappa shape index (κ1) is 19.0. The maximum Gasteiger partial charge on any atom is 0.260 e. The molecule has 2 aromatic carbocycles. The number of rotatable bonds is 7. The van der Waals surface area contributed by atoms with Crippen LogP contribution in [0.3, 0.4) is 0 Å². The highest BCUT2D eigenvalue weighted by Gasteiger charge is 2.13. The summed E-state index contributed by atoms with van der Waals surface area (Å²) in [6, 6.07) is 17.9. The Morgan fingerprint density at radius 1 is 1.09 bits per heavy atom. The number of carbonyl (C=O) groups is 1. The van der Waals surface area contributed by atoms with Crippen molar-refractivity contribution in [2.24, 2.45) is 5.73 Å². The molecule has 2 aromatic rings. The monoisotopic (exact) mass is 334 g/mol. The van der Waals surface area contributed by atoms with Gasteiger partial charge in [0.15, 0.2) is 6.10 Å². The fourth-order valence-corrected chi connectivity index (χ4v) is 2.07. The van der Waals surface area contributed by atoms with E-state index in [4.69, 9.17) is 10.5 Å². The largest absolute Gasteiger partial charge is 0.481 e. The molecular formula is C18H23ClN2O2. The molecule has 0 heterocycles. The lowest BCUT2D eigenvalue weighted by molar-refractivity contribution is -0.127. The van der Waals surface area contributed by atoms with E-state index < -0.39 is 6.10 Å². The van der Waals surface area contributed by atoms with Gasteiger partial charge in [-0.3, -0.25) is 4.79 Å². The van der Waals surface area contributed by atoms with Gasteiger partial charge in [0.1, 0.15) is 5.75 Å². The SMILES string of the molecule is CC(Oc1ccc(-c2ccccc2)cc1)C(=O)NCCCN.Cl. The van der Waals surface area contributed by atoms with Crippen molar-refractivity contribution in [3.05, 3.63) is 54.6 Å². The van der Waals surface area contributed by atoms with Crippen LogP contribution in [0.2, 0.25) is 0 Å². The fraction of sp³-hybridized carbons (Fsp3) is 0.278. The summed E-state index contributed by atoms with van der Waals surface area (Å²) in [6.45, 7) is 2.88. The molecule has 2 rings (SSSR count). The normalized spacial score (nSPS) is 11.2. The van der Waals surface area contributed by atoms with Crippen molar-refractivity contribution in [3.8, 4) is 16.9 Å². The molecule has 0 aromatic heterocycles. The zero-order chi connectivity index (χ0) is 15.8. The van der Waals surface area contributed by atoms with Crippen LogP contribution in [-0.2, 0) is 4.79 Å². The van der Waals surface area contributed by atoms with Crippen molar-refractivity contribution in [3.63, 3.8) is 0 Å². The number of halogens is 1. The molecule has 3 N–H and O–H groups in total. The second-order valence-corrected chi connectivity index (χ2v) is 5.08. The van der Waals surface area contributed by atoms with Gasteiger partial charge in [-0.05, 0) is 43.1 Å². The molecule has 124 valence electrons. The topological polar surface area (TPSA) is 64.3 Å². The number of carbonyl (C=O) groups excluding carboxylic acids is 1. The zero-order valence-electron chi connectivity index (χ0n) is 13.2. The van der Waals surface area contributed by atoms with Gasteiger partial charge in [-0.15, -0.1) is 12.4 Å². The Morgan fingerprint density at radius 2 is 1.70 bits per heavy atom. The summed E-state index contributed by atoms with van der Waals surface area (Å²) < 4.78 is 5.65. The van der Waals surface area contributed by atoms with Crippen LogP contribution in [0.15, 0.2) is 54.6 Å². The molecule has 0 fully saturated rings. The first-order valence-corrected chi connectivity index (χ1v) is 7.50. The molecule has 0 saturated heterocycles. The average molecular weight is 335 g/mol. The first-order valence-electron chi connectivity index (χ1n) is 7.50. The standard InChI is InChI=1S/C18H22N2O2.ClH/c1-14(18(21)20-13-5-12-19)22-17-10-8-16(9-11-17)15-6-3-2-4-7-15;/h2-4,6-11,14H,5,12-13,19H2,1H3,(H,20,21);1H. The first-order chi connectivity index (χ1) is 10.7. The summed E-state index contributed by atoms with van der Waals surface area (Å²) in [5.74, 6) is 0.557. The lowest BCUT2D eigenvalue weighted by Gasteiger charge is -2.15. The van der Waals surface area contributed by atoms with Crippen molar-refractivity contribution >= 4 is 18.3 Å². The van der Waals surface area contributed by atoms with Crippen LogP contribution < -0.4 is 15.8 Å². The molecule has 0 radical (unpaired) electrons. The molecular weight excluding hydrogens is 312 g/mol. The van der Waals surface area contributed by atoms with Crippen molar-refractivity contribution in [2.75, 3.05) is 13.1 Å². The number of hydrogen-bond acceptors (Lipinski definition) is 3. The summed E-state index contributed by atoms with van der Waals surface area (Å²) >= 11 is 0. The Hall–Kier alpha value is -2.04. The summed E-state index contributed by atoms with van der Waals surface area (Å²) in [6.07, 6.45) is 0.241. The molecule has 1 unspecified atom stereocenters. The van der Waals surface area contributed by atoms with Gasteiger partial charge in [0.2, 0.25) is 0 Å². The Kier molecular flexibility index (Phi) is 8.16. The van der Waals surface area contributed by atoms with E-state index in [1.807, 2.05) is 42.5 Å². The molecule has 1 amide bonds. The highest BCUT2D eigenvalue weighted by molar-refractivity contribution is 5.85. The smallest absolute Gasteiger partial charge is 0.260 e. The molecule has 0 bridgehead atoms. The van der Waals surface area contributed by atoms with Crippen LogP contribution in [-0.4, -0.2) is 25.1 Å². The van der Waals surface area contributed by atoms with E-state index in [9.17, 15) is 4.79 Å². The predicted molar refractivity (Wildman–Crippen MR) is 95.9 cm³/mol. The van der Waals surface area contributed by atoms with Gasteiger partial charge in [0.05, 0.1) is 0 Å². The summed E-state index contributed by atoms with van der Waals surface area (Å²) in [7, 11) is 0. The Labute approximate surface area is 143 Å². The summed E-state index contributed by atoms with van der Waals surface area (Å²) in [5, 5.41) is 2.80. The Bertz CT molecular complexity index is 588. The Balaban J connectivity index is 0.00000264. The van der Waals surface area contributed by atoms with Crippen LogP contribution in [0, 0.1) is 0 Å². The maximum absolute atomic E-state index is 11.8. The highest BCUT2D eigenvalue weighted by atomic mass is 35.5. The molecule has 4 nitrogen and oxygen atoms in total. The Morgan fingerprint density at radius 3 is 2.30 bits per heavy atom. The third-order valence-electron chi connectivity index (χ3n) is 3.32. The summed E-state index contributed by atoms with van der Waals surface area (Å²) in [5.41, 5.74) is 7.67. The lowest BCUT2D eigenvalue weighted by Crippen LogP contribution is -2.37. The van der Waals surface area contributed by atoms with Gasteiger partial charge in [0.25, 0.3) is 5.91 Å². The van der Waals surface area contributed by atoms with Crippen molar-refractivity contribution < 1.29 is 9.53 Å². The molecule has 1 atom stereocenters. The van der Waals surface area contributed by atoms with Crippen molar-refractivity contribution in [2.45, 2.75) is 19.4 Å². The number of amides is 1. The maximum atomic E-state index is 11.8. The van der Waals surface area contributed by atoms with Crippen LogP contribution >= 0.6 is 12.4 Å². The van der Waals surface area contributed by atoms with Crippen LogP contribution in [0.25, 0.3) is 11.1 Å². The third kappa shape index (κ3) is 5.93. The van der Waals surface area contributed by atoms with E-state index in [1.165, 1.54) is 0 Å². The lowest BCUT2D eigenvalue weighted by atomic mass is 10.1. The summed E-state index contributed by atoms with van der Waals surface area (Å²) in [4.78, 5) is 11.8. The minimum atomic E-state index is -0.527. The second-order valence-electron chi connectivity index (χ2n) is 5.08. The van der Waals surface area contributed by atoms with Crippen molar-refractivity contribution in [1.29, 1.82) is 0 Å². The van der Waals surface area contributed by atoms with E-state index >= 15 is 0 Å². The second kappa shape index (κ2) is 9.87. The van der Waals surface area contributed by atoms with E-state index in [0.29, 0.717) is 18.8 Å². The van der Waals surface area contributed by atoms with Crippen LogP contribution in [0.4, 0.5) is 0 Å². The van der Waals surface area contributed by atoms with Gasteiger partial charge in [0, 0.05) is 6.54 Å². The van der Waals surface area contributed by atoms with Crippen LogP contribution in [0.1, 0.15) is 13.3 Å². The molecule has 0 saturated carbocycles. The molecule has 0 aliphatic heterocycles. The predicted octanol–water partition coefficient (Wildman–Crippen LogP) is 3.01. The number of hydrogen-bond donors (Lipinski definition) is 2. The van der Waals surface area contributed by atoms with E-state index in [-0.39, 0.29) is 18.3 Å². The van der Waals surface area contributed by atoms with Gasteiger partial charge in [-0.25, -0.2) is 0 Å². The van der Waals surface area contributed by atoms with Crippen LogP contribution in [0.5, 0.6) is 5.75 Å². The van der Waals surface area contributed by atoms with E-state index in [1.54, 1.807) is 6.92 Å². The fourth-order valence-electron chi connectivity index (χ4n) is 2.07. The van der Waals surface area contributed by atoms with E-state index in [2.05, 4.69) is 17.4 Å². The molecule has 23 heavy (non-hydrogen) atoms. The average Bonchev–Trinajstić information content (AvgIpc) is 2.56. The van der Waals surface area contributed by atoms with Gasteiger partial charge >= 0.3 is 0 Å². The van der Waals surface area contributed by atoms with E-state index in [0.717, 1.165) is 17.5 Å². The number of ether oxygens (including phenoxy) is 1. The minimum Gasteiger partial charge on any atom is -0.481 e. The number of nitrogens with one attached hydrogen (secondary N) is 1. The highest BCUT2D eigenvalue weighted by Crippen LogP contribution is 2.22. The number of benzene rings is 2. The molecule has 0 spiro atoms. The minimum absolute atomic E-state index is 0. The van der Waals surface area contributed by atoms with Gasteiger partial charge in [-0.2, -0.15) is 0 Å². The molecule has 5 heteroatoms. The third-order valence-corrected chi connectivity index (χ3v) is 3.32. The molecule has 0 aliphatic carbocycles. The number of nitrogens with two attached hydrogens (primary N) is 1. The van der Waals surface area contributed by atoms with Gasteiger partial charge in [-0.1, -0.05) is 42.5 Å². The molecule has 0 aliphatic rings. The van der Waals surface area contributed by atoms with Crippen molar-refractivity contribution in [1.82, 2.24) is 5.32 Å².